The number of halogens is 1. The maximum atomic E-state index is 4.46. The summed E-state index contributed by atoms with van der Waals surface area (Å²) in [5.41, 5.74) is 0.565. The quantitative estimate of drug-likeness (QED) is 0.765. The largest absolute Gasteiger partial charge is 0.356 e. The van der Waals surface area contributed by atoms with E-state index in [-0.39, 0.29) is 24.0 Å². The highest BCUT2D eigenvalue weighted by atomic mass is 127. The van der Waals surface area contributed by atoms with Crippen LogP contribution in [0.15, 0.2) is 4.99 Å². The Morgan fingerprint density at radius 2 is 2.12 bits per heavy atom. The van der Waals surface area contributed by atoms with Crippen LogP contribution >= 0.6 is 24.0 Å². The monoisotopic (exact) mass is 351 g/mol. The molecule has 1 saturated carbocycles. The van der Waals surface area contributed by atoms with Crippen LogP contribution in [0.1, 0.15) is 46.0 Å². The van der Waals surface area contributed by atoms with Crippen LogP contribution in [0.2, 0.25) is 0 Å². The van der Waals surface area contributed by atoms with Crippen LogP contribution < -0.4 is 10.6 Å². The van der Waals surface area contributed by atoms with E-state index in [0.717, 1.165) is 31.5 Å². The van der Waals surface area contributed by atoms with Gasteiger partial charge in [-0.05, 0) is 37.0 Å². The molecule has 0 saturated heterocycles. The third kappa shape index (κ3) is 4.30. The van der Waals surface area contributed by atoms with Crippen molar-refractivity contribution < 1.29 is 0 Å². The standard InChI is InChI=1S/C13H25N3.HI/c1-11(2)9-13(5-3-6-13)10-16-12-14-7-4-8-15-12;/h11H,3-10H2,1-2H3,(H2,14,15,16);1H. The van der Waals surface area contributed by atoms with E-state index in [2.05, 4.69) is 29.5 Å². The fraction of sp³-hybridized carbons (Fsp3) is 0.923. The Bertz CT molecular complexity index is 259. The summed E-state index contributed by atoms with van der Waals surface area (Å²) in [6, 6.07) is 0. The molecule has 2 N–H and O–H groups in total. The maximum Gasteiger partial charge on any atom is 0.191 e. The Morgan fingerprint density at radius 1 is 1.35 bits per heavy atom. The Morgan fingerprint density at radius 3 is 2.59 bits per heavy atom. The zero-order valence-electron chi connectivity index (χ0n) is 11.1. The van der Waals surface area contributed by atoms with Gasteiger partial charge in [0.05, 0.1) is 0 Å². The second kappa shape index (κ2) is 6.81. The third-order valence-electron chi connectivity index (χ3n) is 3.78. The lowest BCUT2D eigenvalue weighted by atomic mass is 9.64. The molecule has 1 heterocycles. The first-order valence-corrected chi connectivity index (χ1v) is 6.72. The van der Waals surface area contributed by atoms with Gasteiger partial charge in [0, 0.05) is 19.6 Å². The summed E-state index contributed by atoms with van der Waals surface area (Å²) < 4.78 is 0. The average Bonchev–Trinajstić information content (AvgIpc) is 2.23. The molecular formula is C13H26IN3. The van der Waals surface area contributed by atoms with Gasteiger partial charge in [-0.1, -0.05) is 20.3 Å². The topological polar surface area (TPSA) is 36.4 Å². The molecule has 0 aromatic carbocycles. The van der Waals surface area contributed by atoms with Gasteiger partial charge in [-0.25, -0.2) is 0 Å². The highest BCUT2D eigenvalue weighted by molar-refractivity contribution is 14.0. The minimum atomic E-state index is 0. The lowest BCUT2D eigenvalue weighted by molar-refractivity contribution is 0.104. The minimum absolute atomic E-state index is 0. The van der Waals surface area contributed by atoms with Crippen LogP contribution in [-0.4, -0.2) is 25.6 Å². The summed E-state index contributed by atoms with van der Waals surface area (Å²) in [5.74, 6) is 1.84. The first kappa shape index (κ1) is 15.1. The molecule has 1 aliphatic heterocycles. The number of aliphatic imine (C=N–C) groups is 1. The molecule has 0 spiro atoms. The van der Waals surface area contributed by atoms with Crippen LogP contribution in [0.3, 0.4) is 0 Å². The zero-order chi connectivity index (χ0) is 11.4. The second-order valence-corrected chi connectivity index (χ2v) is 5.82. The van der Waals surface area contributed by atoms with Gasteiger partial charge in [0.2, 0.25) is 0 Å². The summed E-state index contributed by atoms with van der Waals surface area (Å²) in [4.78, 5) is 4.46. The lowest BCUT2D eigenvalue weighted by Gasteiger charge is -2.43. The van der Waals surface area contributed by atoms with Crippen molar-refractivity contribution in [3.8, 4) is 0 Å². The van der Waals surface area contributed by atoms with E-state index in [1.165, 1.54) is 32.1 Å². The number of hydrogen-bond donors (Lipinski definition) is 2. The van der Waals surface area contributed by atoms with E-state index in [1.807, 2.05) is 0 Å². The molecule has 0 atom stereocenters. The molecule has 0 unspecified atom stereocenters. The van der Waals surface area contributed by atoms with Crippen molar-refractivity contribution in [3.63, 3.8) is 0 Å². The second-order valence-electron chi connectivity index (χ2n) is 5.82. The molecule has 1 aliphatic carbocycles. The van der Waals surface area contributed by atoms with Gasteiger partial charge in [0.1, 0.15) is 0 Å². The molecule has 0 amide bonds. The molecular weight excluding hydrogens is 325 g/mol. The number of hydrogen-bond acceptors (Lipinski definition) is 3. The molecule has 4 heteroatoms. The maximum absolute atomic E-state index is 4.46. The van der Waals surface area contributed by atoms with Crippen molar-refractivity contribution >= 4 is 29.9 Å². The van der Waals surface area contributed by atoms with Crippen molar-refractivity contribution in [1.29, 1.82) is 0 Å². The molecule has 2 aliphatic rings. The van der Waals surface area contributed by atoms with Crippen LogP contribution in [0.4, 0.5) is 0 Å². The van der Waals surface area contributed by atoms with E-state index in [1.54, 1.807) is 0 Å². The predicted molar refractivity (Wildman–Crippen MR) is 84.1 cm³/mol. The zero-order valence-corrected chi connectivity index (χ0v) is 13.4. The average molecular weight is 351 g/mol. The van der Waals surface area contributed by atoms with E-state index < -0.39 is 0 Å². The van der Waals surface area contributed by atoms with Gasteiger partial charge in [0.25, 0.3) is 0 Å². The summed E-state index contributed by atoms with van der Waals surface area (Å²) in [6.45, 7) is 7.82. The smallest absolute Gasteiger partial charge is 0.191 e. The van der Waals surface area contributed by atoms with Crippen molar-refractivity contribution in [2.24, 2.45) is 16.3 Å². The normalized spacial score (nSPS) is 21.9. The van der Waals surface area contributed by atoms with Crippen LogP contribution in [-0.2, 0) is 0 Å². The van der Waals surface area contributed by atoms with Crippen LogP contribution in [0, 0.1) is 11.3 Å². The van der Waals surface area contributed by atoms with Gasteiger partial charge >= 0.3 is 0 Å². The highest BCUT2D eigenvalue weighted by Crippen LogP contribution is 2.45. The van der Waals surface area contributed by atoms with E-state index >= 15 is 0 Å². The number of nitrogens with zero attached hydrogens (tertiary/aromatic N) is 1. The predicted octanol–water partition coefficient (Wildman–Crippen LogP) is 2.76. The molecule has 0 bridgehead atoms. The van der Waals surface area contributed by atoms with E-state index in [9.17, 15) is 0 Å². The van der Waals surface area contributed by atoms with Crippen molar-refractivity contribution in [2.45, 2.75) is 46.0 Å². The minimum Gasteiger partial charge on any atom is -0.356 e. The number of nitrogens with one attached hydrogen (secondary N) is 2. The van der Waals surface area contributed by atoms with Gasteiger partial charge in [-0.3, -0.25) is 4.99 Å². The van der Waals surface area contributed by atoms with Crippen molar-refractivity contribution in [2.75, 3.05) is 19.6 Å². The first-order chi connectivity index (χ1) is 7.70. The molecule has 0 aromatic heterocycles. The summed E-state index contributed by atoms with van der Waals surface area (Å²) in [7, 11) is 0. The number of guanidine groups is 1. The lowest BCUT2D eigenvalue weighted by Crippen LogP contribution is -2.48. The molecule has 0 aromatic rings. The highest BCUT2D eigenvalue weighted by Gasteiger charge is 2.37. The van der Waals surface area contributed by atoms with Crippen LogP contribution in [0.25, 0.3) is 0 Å². The van der Waals surface area contributed by atoms with Gasteiger partial charge in [0.15, 0.2) is 5.96 Å². The molecule has 3 nitrogen and oxygen atoms in total. The summed E-state index contributed by atoms with van der Waals surface area (Å²) in [5, 5.41) is 6.84. The Labute approximate surface area is 122 Å². The van der Waals surface area contributed by atoms with Gasteiger partial charge < -0.3 is 10.6 Å². The Kier molecular flexibility index (Phi) is 6.03. The van der Waals surface area contributed by atoms with Gasteiger partial charge in [-0.15, -0.1) is 24.0 Å². The SMILES string of the molecule is CC(C)CC1(CNC2=NCCCN2)CCC1.I. The van der Waals surface area contributed by atoms with Gasteiger partial charge in [-0.2, -0.15) is 0 Å². The molecule has 2 rings (SSSR count). The fourth-order valence-electron chi connectivity index (χ4n) is 2.92. The molecule has 100 valence electrons. The molecule has 0 radical (unpaired) electrons. The van der Waals surface area contributed by atoms with E-state index in [0.29, 0.717) is 5.41 Å². The first-order valence-electron chi connectivity index (χ1n) is 6.72. The summed E-state index contributed by atoms with van der Waals surface area (Å²) >= 11 is 0. The Hall–Kier alpha value is 0. The fourth-order valence-corrected chi connectivity index (χ4v) is 2.92. The van der Waals surface area contributed by atoms with E-state index in [4.69, 9.17) is 0 Å². The molecule has 1 fully saturated rings. The number of rotatable bonds is 4. The third-order valence-corrected chi connectivity index (χ3v) is 3.78. The van der Waals surface area contributed by atoms with Crippen molar-refractivity contribution in [3.05, 3.63) is 0 Å². The Balaban J connectivity index is 0.00000144. The van der Waals surface area contributed by atoms with Crippen molar-refractivity contribution in [1.82, 2.24) is 10.6 Å². The summed E-state index contributed by atoms with van der Waals surface area (Å²) in [6.07, 6.45) is 6.72. The molecule has 17 heavy (non-hydrogen) atoms. The van der Waals surface area contributed by atoms with Crippen LogP contribution in [0.5, 0.6) is 0 Å².